The molecule has 3 heteroatoms. The molecule has 0 amide bonds. The average Bonchev–Trinajstić information content (AvgIpc) is 2.37. The third kappa shape index (κ3) is 15.4. The number of carbonyl (C=O) groups is 1. The van der Waals surface area contributed by atoms with E-state index in [-0.39, 0.29) is 6.10 Å². The van der Waals surface area contributed by atoms with Crippen LogP contribution in [0.2, 0.25) is 0 Å². The fourth-order valence-electron chi connectivity index (χ4n) is 2.31. The smallest absolute Gasteiger partial charge is 0.303 e. The first-order valence-corrected chi connectivity index (χ1v) is 8.06. The molecule has 19 heavy (non-hydrogen) atoms. The van der Waals surface area contributed by atoms with Crippen molar-refractivity contribution in [1.82, 2.24) is 0 Å². The summed E-state index contributed by atoms with van der Waals surface area (Å²) in [6, 6.07) is 0. The number of aliphatic hydroxyl groups is 1. The minimum absolute atomic E-state index is 0.108. The molecule has 0 heterocycles. The fraction of sp³-hybridized carbons (Fsp3) is 0.938. The molecule has 0 aliphatic heterocycles. The Hall–Kier alpha value is -0.570. The average molecular weight is 272 g/mol. The molecule has 0 spiro atoms. The molecule has 0 radical (unpaired) electrons. The Bertz CT molecular complexity index is 204. The van der Waals surface area contributed by atoms with E-state index in [1.165, 1.54) is 32.1 Å². The summed E-state index contributed by atoms with van der Waals surface area (Å²) < 4.78 is 0. The van der Waals surface area contributed by atoms with Crippen molar-refractivity contribution in [2.45, 2.75) is 96.5 Å². The molecule has 0 rings (SSSR count). The van der Waals surface area contributed by atoms with Crippen molar-refractivity contribution >= 4 is 5.97 Å². The molecule has 3 nitrogen and oxygen atoms in total. The molecule has 0 aromatic heterocycles. The van der Waals surface area contributed by atoms with E-state index >= 15 is 0 Å². The van der Waals surface area contributed by atoms with Gasteiger partial charge < -0.3 is 10.2 Å². The van der Waals surface area contributed by atoms with Crippen LogP contribution >= 0.6 is 0 Å². The van der Waals surface area contributed by atoms with Crippen LogP contribution in [0.1, 0.15) is 90.4 Å². The third-order valence-corrected chi connectivity index (χ3v) is 3.57. The number of rotatable bonds is 14. The number of aliphatic carboxylic acids is 1. The second-order valence-electron chi connectivity index (χ2n) is 5.56. The van der Waals surface area contributed by atoms with Gasteiger partial charge in [-0.25, -0.2) is 0 Å². The van der Waals surface area contributed by atoms with Gasteiger partial charge >= 0.3 is 5.97 Å². The van der Waals surface area contributed by atoms with Crippen LogP contribution in [0.25, 0.3) is 0 Å². The van der Waals surface area contributed by atoms with Gasteiger partial charge in [0.05, 0.1) is 6.10 Å². The number of unbranched alkanes of at least 4 members (excludes halogenated alkanes) is 8. The molecule has 1 atom stereocenters. The molecule has 0 aliphatic rings. The lowest BCUT2D eigenvalue weighted by molar-refractivity contribution is -0.137. The number of carboxylic acids is 1. The molecule has 0 saturated heterocycles. The minimum atomic E-state index is -0.689. The summed E-state index contributed by atoms with van der Waals surface area (Å²) in [4.78, 5) is 10.3. The van der Waals surface area contributed by atoms with Gasteiger partial charge in [0, 0.05) is 6.42 Å². The van der Waals surface area contributed by atoms with Crippen molar-refractivity contribution in [1.29, 1.82) is 0 Å². The Morgan fingerprint density at radius 3 is 1.84 bits per heavy atom. The maximum Gasteiger partial charge on any atom is 0.303 e. The van der Waals surface area contributed by atoms with Gasteiger partial charge in [-0.2, -0.15) is 0 Å². The Morgan fingerprint density at radius 1 is 0.842 bits per heavy atom. The zero-order valence-corrected chi connectivity index (χ0v) is 12.6. The van der Waals surface area contributed by atoms with E-state index in [1.54, 1.807) is 0 Å². The van der Waals surface area contributed by atoms with Crippen molar-refractivity contribution in [2.75, 3.05) is 0 Å². The number of aliphatic hydroxyl groups excluding tert-OH is 1. The summed E-state index contributed by atoms with van der Waals surface area (Å²) in [6.07, 6.45) is 13.4. The van der Waals surface area contributed by atoms with Gasteiger partial charge in [-0.3, -0.25) is 4.79 Å². The first-order chi connectivity index (χ1) is 9.16. The van der Waals surface area contributed by atoms with Crippen LogP contribution in [0.5, 0.6) is 0 Å². The van der Waals surface area contributed by atoms with Crippen LogP contribution in [0.15, 0.2) is 0 Å². The van der Waals surface area contributed by atoms with E-state index in [9.17, 15) is 9.90 Å². The van der Waals surface area contributed by atoms with Gasteiger partial charge in [-0.05, 0) is 19.3 Å². The van der Waals surface area contributed by atoms with Crippen LogP contribution in [-0.2, 0) is 4.79 Å². The maximum atomic E-state index is 10.3. The van der Waals surface area contributed by atoms with E-state index in [2.05, 4.69) is 6.92 Å². The lowest BCUT2D eigenvalue weighted by atomic mass is 10.0. The summed E-state index contributed by atoms with van der Waals surface area (Å²) in [5, 5.41) is 18.3. The largest absolute Gasteiger partial charge is 0.481 e. The molecule has 0 bridgehead atoms. The second-order valence-corrected chi connectivity index (χ2v) is 5.56. The van der Waals surface area contributed by atoms with Crippen molar-refractivity contribution in [3.05, 3.63) is 0 Å². The standard InChI is InChI=1S/C16H32O3/c1-2-3-4-9-12-15(17)13-10-7-5-6-8-11-14-16(18)19/h15,17H,2-14H2,1H3,(H,18,19). The Labute approximate surface area is 118 Å². The van der Waals surface area contributed by atoms with E-state index in [1.807, 2.05) is 0 Å². The quantitative estimate of drug-likeness (QED) is 0.457. The number of hydrogen-bond donors (Lipinski definition) is 2. The van der Waals surface area contributed by atoms with E-state index in [0.717, 1.165) is 44.9 Å². The Balaban J connectivity index is 3.14. The predicted octanol–water partition coefficient (Wildman–Crippen LogP) is 4.52. The summed E-state index contributed by atoms with van der Waals surface area (Å²) in [6.45, 7) is 2.20. The fourth-order valence-corrected chi connectivity index (χ4v) is 2.31. The summed E-state index contributed by atoms with van der Waals surface area (Å²) in [5.41, 5.74) is 0. The Kier molecular flexibility index (Phi) is 13.4. The molecule has 1 unspecified atom stereocenters. The van der Waals surface area contributed by atoms with Gasteiger partial charge in [0.1, 0.15) is 0 Å². The lowest BCUT2D eigenvalue weighted by Crippen LogP contribution is -2.05. The maximum absolute atomic E-state index is 10.3. The van der Waals surface area contributed by atoms with Gasteiger partial charge in [-0.15, -0.1) is 0 Å². The zero-order valence-electron chi connectivity index (χ0n) is 12.6. The van der Waals surface area contributed by atoms with Crippen LogP contribution in [0.3, 0.4) is 0 Å². The normalized spacial score (nSPS) is 12.5. The SMILES string of the molecule is CCCCCCC(O)CCCCCCCCC(=O)O. The van der Waals surface area contributed by atoms with E-state index in [4.69, 9.17) is 5.11 Å². The minimum Gasteiger partial charge on any atom is -0.481 e. The summed E-state index contributed by atoms with van der Waals surface area (Å²) >= 11 is 0. The van der Waals surface area contributed by atoms with E-state index < -0.39 is 5.97 Å². The van der Waals surface area contributed by atoms with Crippen molar-refractivity contribution in [3.63, 3.8) is 0 Å². The zero-order chi connectivity index (χ0) is 14.3. The molecule has 0 saturated carbocycles. The second kappa shape index (κ2) is 13.9. The molecule has 114 valence electrons. The van der Waals surface area contributed by atoms with Crippen LogP contribution < -0.4 is 0 Å². The molecule has 0 aromatic carbocycles. The topological polar surface area (TPSA) is 57.5 Å². The van der Waals surface area contributed by atoms with Gasteiger partial charge in [0.2, 0.25) is 0 Å². The lowest BCUT2D eigenvalue weighted by Gasteiger charge is -2.09. The third-order valence-electron chi connectivity index (χ3n) is 3.57. The van der Waals surface area contributed by atoms with Gasteiger partial charge in [0.25, 0.3) is 0 Å². The molecule has 0 fully saturated rings. The predicted molar refractivity (Wildman–Crippen MR) is 79.3 cm³/mol. The molecular weight excluding hydrogens is 240 g/mol. The highest BCUT2D eigenvalue weighted by molar-refractivity contribution is 5.66. The monoisotopic (exact) mass is 272 g/mol. The first-order valence-electron chi connectivity index (χ1n) is 8.06. The molecule has 2 N–H and O–H groups in total. The Morgan fingerprint density at radius 2 is 1.32 bits per heavy atom. The van der Waals surface area contributed by atoms with Crippen molar-refractivity contribution < 1.29 is 15.0 Å². The summed E-state index contributed by atoms with van der Waals surface area (Å²) in [5.74, 6) is -0.689. The molecular formula is C16H32O3. The summed E-state index contributed by atoms with van der Waals surface area (Å²) in [7, 11) is 0. The number of hydrogen-bond acceptors (Lipinski definition) is 2. The van der Waals surface area contributed by atoms with Crippen LogP contribution in [0, 0.1) is 0 Å². The molecule has 0 aromatic rings. The highest BCUT2D eigenvalue weighted by Gasteiger charge is 2.03. The van der Waals surface area contributed by atoms with Crippen LogP contribution in [-0.4, -0.2) is 22.3 Å². The van der Waals surface area contributed by atoms with Crippen molar-refractivity contribution in [2.24, 2.45) is 0 Å². The van der Waals surface area contributed by atoms with Crippen LogP contribution in [0.4, 0.5) is 0 Å². The first kappa shape index (κ1) is 18.4. The van der Waals surface area contributed by atoms with Crippen molar-refractivity contribution in [3.8, 4) is 0 Å². The number of carboxylic acid groups (broad SMARTS) is 1. The highest BCUT2D eigenvalue weighted by atomic mass is 16.4. The molecule has 0 aliphatic carbocycles. The van der Waals surface area contributed by atoms with E-state index in [0.29, 0.717) is 6.42 Å². The highest BCUT2D eigenvalue weighted by Crippen LogP contribution is 2.13. The van der Waals surface area contributed by atoms with Gasteiger partial charge in [0.15, 0.2) is 0 Å². The van der Waals surface area contributed by atoms with Gasteiger partial charge in [-0.1, -0.05) is 64.7 Å².